The number of hydrogen-bond donors (Lipinski definition) is 3. The molecular weight excluding hydrogens is 336 g/mol. The van der Waals surface area contributed by atoms with E-state index < -0.39 is 5.91 Å². The van der Waals surface area contributed by atoms with Crippen molar-refractivity contribution < 1.29 is 24.5 Å². The third-order valence-corrected chi connectivity index (χ3v) is 3.32. The van der Waals surface area contributed by atoms with Crippen LogP contribution in [-0.4, -0.2) is 36.6 Å². The number of aromatic hydroxyl groups is 2. The van der Waals surface area contributed by atoms with Gasteiger partial charge < -0.3 is 19.7 Å². The largest absolute Gasteiger partial charge is 0.507 e. The highest BCUT2D eigenvalue weighted by Crippen LogP contribution is 2.36. The van der Waals surface area contributed by atoms with Crippen molar-refractivity contribution in [2.24, 2.45) is 5.10 Å². The number of carbonyl (C=O) groups excluding carboxylic acids is 1. The first kappa shape index (κ1) is 17.4. The van der Waals surface area contributed by atoms with Crippen LogP contribution in [0.4, 0.5) is 0 Å². The maximum absolute atomic E-state index is 12.0. The first-order valence-corrected chi connectivity index (χ1v) is 7.11. The first-order valence-electron chi connectivity index (χ1n) is 6.73. The van der Waals surface area contributed by atoms with E-state index in [-0.39, 0.29) is 28.6 Å². The molecule has 0 aromatic heterocycles. The molecule has 3 N–H and O–H groups in total. The predicted molar refractivity (Wildman–Crippen MR) is 89.4 cm³/mol. The summed E-state index contributed by atoms with van der Waals surface area (Å²) in [7, 11) is 2.80. The van der Waals surface area contributed by atoms with Crippen molar-refractivity contribution in [2.45, 2.75) is 0 Å². The molecule has 0 bridgehead atoms. The fraction of sp³-hybridized carbons (Fsp3) is 0.125. The Bertz CT molecular complexity index is 767. The third kappa shape index (κ3) is 3.88. The molecule has 8 heteroatoms. The Morgan fingerprint density at radius 2 is 1.79 bits per heavy atom. The summed E-state index contributed by atoms with van der Waals surface area (Å²) in [4.78, 5) is 12.0. The number of phenolic OH excluding ortho intramolecular Hbond substituents is 2. The number of ether oxygens (including phenoxy) is 2. The van der Waals surface area contributed by atoms with Crippen molar-refractivity contribution in [2.75, 3.05) is 14.2 Å². The summed E-state index contributed by atoms with van der Waals surface area (Å²) >= 11 is 5.79. The number of methoxy groups -OCH3 is 2. The Hall–Kier alpha value is -2.93. The third-order valence-electron chi connectivity index (χ3n) is 3.09. The number of hydrazone groups is 1. The number of nitrogens with one attached hydrogen (secondary N) is 1. The smallest absolute Gasteiger partial charge is 0.275 e. The molecule has 0 fully saturated rings. The maximum Gasteiger partial charge on any atom is 0.275 e. The van der Waals surface area contributed by atoms with Gasteiger partial charge in [0.25, 0.3) is 5.91 Å². The van der Waals surface area contributed by atoms with Gasteiger partial charge in [0.15, 0.2) is 11.5 Å². The van der Waals surface area contributed by atoms with Crippen LogP contribution in [0.25, 0.3) is 0 Å². The molecule has 0 heterocycles. The van der Waals surface area contributed by atoms with E-state index in [0.717, 1.165) is 0 Å². The van der Waals surface area contributed by atoms with Crippen LogP contribution in [0, 0.1) is 0 Å². The Morgan fingerprint density at radius 3 is 2.38 bits per heavy atom. The van der Waals surface area contributed by atoms with E-state index in [1.54, 1.807) is 0 Å². The van der Waals surface area contributed by atoms with E-state index in [2.05, 4.69) is 10.5 Å². The number of benzene rings is 2. The van der Waals surface area contributed by atoms with E-state index in [1.807, 2.05) is 0 Å². The van der Waals surface area contributed by atoms with Gasteiger partial charge in [-0.05, 0) is 30.3 Å². The lowest BCUT2D eigenvalue weighted by atomic mass is 10.2. The maximum atomic E-state index is 12.0. The van der Waals surface area contributed by atoms with Crippen molar-refractivity contribution in [3.05, 3.63) is 46.5 Å². The van der Waals surface area contributed by atoms with Crippen LogP contribution < -0.4 is 14.9 Å². The van der Waals surface area contributed by atoms with Gasteiger partial charge in [-0.3, -0.25) is 4.79 Å². The normalized spacial score (nSPS) is 10.6. The van der Waals surface area contributed by atoms with Crippen LogP contribution in [-0.2, 0) is 0 Å². The molecule has 7 nitrogen and oxygen atoms in total. The number of halogens is 1. The summed E-state index contributed by atoms with van der Waals surface area (Å²) in [5.41, 5.74) is 2.80. The molecule has 0 radical (unpaired) electrons. The molecule has 24 heavy (non-hydrogen) atoms. The van der Waals surface area contributed by atoms with Crippen LogP contribution in [0.2, 0.25) is 5.02 Å². The summed E-state index contributed by atoms with van der Waals surface area (Å²) in [6.07, 6.45) is 1.34. The topological polar surface area (TPSA) is 100 Å². The summed E-state index contributed by atoms with van der Waals surface area (Å²) in [5.74, 6) is -0.557. The molecular formula is C16H15ClN2O5. The minimum atomic E-state index is -0.621. The average Bonchev–Trinajstić information content (AvgIpc) is 2.58. The van der Waals surface area contributed by atoms with Gasteiger partial charge in [-0.15, -0.1) is 0 Å². The van der Waals surface area contributed by atoms with Gasteiger partial charge in [0.2, 0.25) is 5.75 Å². The highest BCUT2D eigenvalue weighted by atomic mass is 35.5. The van der Waals surface area contributed by atoms with E-state index in [0.29, 0.717) is 10.6 Å². The van der Waals surface area contributed by atoms with Crippen LogP contribution in [0.1, 0.15) is 15.9 Å². The SMILES string of the molecule is COc1cc(C=NNC(=O)c2cc(Cl)ccc2O)cc(OC)c1O. The zero-order chi connectivity index (χ0) is 17.7. The van der Waals surface area contributed by atoms with Crippen molar-refractivity contribution in [3.63, 3.8) is 0 Å². The molecule has 126 valence electrons. The molecule has 2 rings (SSSR count). The summed E-state index contributed by atoms with van der Waals surface area (Å²) < 4.78 is 10.1. The number of nitrogens with zero attached hydrogens (tertiary/aromatic N) is 1. The van der Waals surface area contributed by atoms with E-state index in [9.17, 15) is 15.0 Å². The second kappa shape index (κ2) is 7.56. The van der Waals surface area contributed by atoms with E-state index in [4.69, 9.17) is 21.1 Å². The number of hydrogen-bond acceptors (Lipinski definition) is 6. The summed E-state index contributed by atoms with van der Waals surface area (Å²) in [6, 6.07) is 7.14. The Morgan fingerprint density at radius 1 is 1.17 bits per heavy atom. The van der Waals surface area contributed by atoms with Crippen molar-refractivity contribution in [3.8, 4) is 23.0 Å². The van der Waals surface area contributed by atoms with Crippen molar-refractivity contribution >= 4 is 23.7 Å². The average molecular weight is 351 g/mol. The quantitative estimate of drug-likeness (QED) is 0.568. The first-order chi connectivity index (χ1) is 11.5. The number of carbonyl (C=O) groups is 1. The van der Waals surface area contributed by atoms with Crippen LogP contribution >= 0.6 is 11.6 Å². The predicted octanol–water partition coefficient (Wildman–Crippen LogP) is 2.53. The Labute approximate surface area is 143 Å². The zero-order valence-corrected chi connectivity index (χ0v) is 13.7. The fourth-order valence-corrected chi connectivity index (χ4v) is 2.08. The number of amides is 1. The van der Waals surface area contributed by atoms with Gasteiger partial charge >= 0.3 is 0 Å². The van der Waals surface area contributed by atoms with Crippen molar-refractivity contribution in [1.29, 1.82) is 0 Å². The zero-order valence-electron chi connectivity index (χ0n) is 12.9. The molecule has 2 aromatic carbocycles. The summed E-state index contributed by atoms with van der Waals surface area (Å²) in [5, 5.41) is 23.6. The van der Waals surface area contributed by atoms with Gasteiger partial charge in [-0.2, -0.15) is 5.10 Å². The second-order valence-corrected chi connectivity index (χ2v) is 5.07. The fourth-order valence-electron chi connectivity index (χ4n) is 1.90. The molecule has 0 spiro atoms. The van der Waals surface area contributed by atoms with Gasteiger partial charge in [0.1, 0.15) is 5.75 Å². The monoisotopic (exact) mass is 350 g/mol. The summed E-state index contributed by atoms with van der Waals surface area (Å²) in [6.45, 7) is 0. The van der Waals surface area contributed by atoms with Gasteiger partial charge in [-0.25, -0.2) is 5.43 Å². The van der Waals surface area contributed by atoms with Gasteiger partial charge in [0.05, 0.1) is 26.0 Å². The molecule has 0 saturated heterocycles. The molecule has 2 aromatic rings. The number of rotatable bonds is 5. The molecule has 0 aliphatic carbocycles. The van der Waals surface area contributed by atoms with Crippen LogP contribution in [0.15, 0.2) is 35.4 Å². The Kier molecular flexibility index (Phi) is 5.49. The van der Waals surface area contributed by atoms with E-state index >= 15 is 0 Å². The molecule has 0 saturated carbocycles. The van der Waals surface area contributed by atoms with Gasteiger partial charge in [0, 0.05) is 10.6 Å². The standard InChI is InChI=1S/C16H15ClN2O5/c1-23-13-5-9(6-14(24-2)15(13)21)8-18-19-16(22)11-7-10(17)3-4-12(11)20/h3-8,20-21H,1-2H3,(H,19,22). The molecule has 0 atom stereocenters. The minimum absolute atomic E-state index is 0.000479. The lowest BCUT2D eigenvalue weighted by Gasteiger charge is -2.09. The van der Waals surface area contributed by atoms with Crippen LogP contribution in [0.3, 0.4) is 0 Å². The minimum Gasteiger partial charge on any atom is -0.507 e. The van der Waals surface area contributed by atoms with Crippen molar-refractivity contribution in [1.82, 2.24) is 5.43 Å². The molecule has 0 unspecified atom stereocenters. The molecule has 1 amide bonds. The molecule has 0 aliphatic heterocycles. The number of phenols is 2. The van der Waals surface area contributed by atoms with Crippen LogP contribution in [0.5, 0.6) is 23.0 Å². The van der Waals surface area contributed by atoms with Gasteiger partial charge in [-0.1, -0.05) is 11.6 Å². The lowest BCUT2D eigenvalue weighted by molar-refractivity contribution is 0.0952. The Balaban J connectivity index is 2.17. The van der Waals surface area contributed by atoms with E-state index in [1.165, 1.54) is 50.8 Å². The lowest BCUT2D eigenvalue weighted by Crippen LogP contribution is -2.17. The highest BCUT2D eigenvalue weighted by Gasteiger charge is 2.12. The highest BCUT2D eigenvalue weighted by molar-refractivity contribution is 6.31. The molecule has 0 aliphatic rings. The second-order valence-electron chi connectivity index (χ2n) is 4.63.